The highest BCUT2D eigenvalue weighted by atomic mass is 32.2. The lowest BCUT2D eigenvalue weighted by Gasteiger charge is -2.03. The van der Waals surface area contributed by atoms with Gasteiger partial charge in [0.05, 0.1) is 4.92 Å². The van der Waals surface area contributed by atoms with Crippen LogP contribution in [0.15, 0.2) is 59.5 Å². The van der Waals surface area contributed by atoms with Gasteiger partial charge in [-0.1, -0.05) is 57.2 Å². The molecule has 0 heterocycles. The third-order valence-corrected chi connectivity index (χ3v) is 5.49. The number of allylic oxidation sites excluding steroid dienone is 1. The van der Waals surface area contributed by atoms with Crippen molar-refractivity contribution in [2.45, 2.75) is 50.3 Å². The lowest BCUT2D eigenvalue weighted by Crippen LogP contribution is -1.95. The summed E-state index contributed by atoms with van der Waals surface area (Å²) in [6.45, 7) is 2.23. The molecule has 2 aromatic rings. The maximum atomic E-state index is 12.2. The topological polar surface area (TPSA) is 60.2 Å². The number of unbranched alkanes of at least 4 members (excludes halogenated alkanes) is 5. The van der Waals surface area contributed by atoms with Crippen LogP contribution < -0.4 is 0 Å². The summed E-state index contributed by atoms with van der Waals surface area (Å²) in [5.41, 5.74) is 1.40. The summed E-state index contributed by atoms with van der Waals surface area (Å²) in [6.07, 6.45) is 11.1. The SMILES string of the molecule is CCCCCCCCSc1cccc(/C=C/C(=O)c2ccc([N+](=O)[O-])cc2)c1. The number of nitro benzene ring substituents is 1. The highest BCUT2D eigenvalue weighted by molar-refractivity contribution is 7.99. The molecule has 0 N–H and O–H groups in total. The highest BCUT2D eigenvalue weighted by Crippen LogP contribution is 2.22. The fourth-order valence-corrected chi connectivity index (χ4v) is 3.77. The van der Waals surface area contributed by atoms with E-state index in [-0.39, 0.29) is 11.5 Å². The average molecular weight is 398 g/mol. The van der Waals surface area contributed by atoms with Crippen molar-refractivity contribution in [3.8, 4) is 0 Å². The number of ketones is 1. The van der Waals surface area contributed by atoms with Crippen molar-refractivity contribution in [1.29, 1.82) is 0 Å². The number of non-ortho nitro benzene ring substituents is 1. The second kappa shape index (κ2) is 12.1. The molecule has 0 aliphatic heterocycles. The Morgan fingerprint density at radius 3 is 2.46 bits per heavy atom. The summed E-state index contributed by atoms with van der Waals surface area (Å²) in [7, 11) is 0. The molecule has 0 aromatic heterocycles. The number of carbonyl (C=O) groups is 1. The second-order valence-electron chi connectivity index (χ2n) is 6.69. The molecule has 0 radical (unpaired) electrons. The maximum Gasteiger partial charge on any atom is 0.269 e. The molecular formula is C23H27NO3S. The van der Waals surface area contributed by atoms with E-state index in [4.69, 9.17) is 0 Å². The largest absolute Gasteiger partial charge is 0.289 e. The molecular weight excluding hydrogens is 370 g/mol. The Bertz CT molecular complexity index is 800. The van der Waals surface area contributed by atoms with Crippen molar-refractivity contribution in [3.05, 3.63) is 75.8 Å². The van der Waals surface area contributed by atoms with E-state index < -0.39 is 4.92 Å². The number of nitrogens with zero attached hydrogens (tertiary/aromatic N) is 1. The molecule has 0 fully saturated rings. The zero-order chi connectivity index (χ0) is 20.2. The van der Waals surface area contributed by atoms with Crippen molar-refractivity contribution in [2.75, 3.05) is 5.75 Å². The Morgan fingerprint density at radius 2 is 1.75 bits per heavy atom. The number of benzene rings is 2. The first kappa shape index (κ1) is 21.9. The van der Waals surface area contributed by atoms with Crippen LogP contribution in [0.4, 0.5) is 5.69 Å². The minimum Gasteiger partial charge on any atom is -0.289 e. The van der Waals surface area contributed by atoms with Gasteiger partial charge in [0.1, 0.15) is 0 Å². The van der Waals surface area contributed by atoms with Crippen LogP contribution in [-0.4, -0.2) is 16.5 Å². The molecule has 0 saturated carbocycles. The van der Waals surface area contributed by atoms with Crippen molar-refractivity contribution in [1.82, 2.24) is 0 Å². The molecule has 0 saturated heterocycles. The molecule has 148 valence electrons. The first-order chi connectivity index (χ1) is 13.6. The highest BCUT2D eigenvalue weighted by Gasteiger charge is 2.07. The third kappa shape index (κ3) is 7.69. The number of nitro groups is 1. The molecule has 5 heteroatoms. The van der Waals surface area contributed by atoms with Gasteiger partial charge in [0.25, 0.3) is 5.69 Å². The smallest absolute Gasteiger partial charge is 0.269 e. The van der Waals surface area contributed by atoms with Crippen LogP contribution in [0.2, 0.25) is 0 Å². The van der Waals surface area contributed by atoms with Crippen molar-refractivity contribution >= 4 is 29.3 Å². The summed E-state index contributed by atoms with van der Waals surface area (Å²) in [4.78, 5) is 23.7. The summed E-state index contributed by atoms with van der Waals surface area (Å²) in [5.74, 6) is 0.945. The maximum absolute atomic E-state index is 12.2. The molecule has 0 aliphatic carbocycles. The number of hydrogen-bond acceptors (Lipinski definition) is 4. The average Bonchev–Trinajstić information content (AvgIpc) is 2.71. The minimum atomic E-state index is -0.474. The molecule has 0 aliphatic rings. The molecule has 2 aromatic carbocycles. The van der Waals surface area contributed by atoms with E-state index in [9.17, 15) is 14.9 Å². The van der Waals surface area contributed by atoms with Crippen LogP contribution in [0.25, 0.3) is 6.08 Å². The van der Waals surface area contributed by atoms with Crippen LogP contribution in [-0.2, 0) is 0 Å². The van der Waals surface area contributed by atoms with Gasteiger partial charge in [-0.15, -0.1) is 11.8 Å². The quantitative estimate of drug-likeness (QED) is 0.0971. The van der Waals surface area contributed by atoms with Gasteiger partial charge in [-0.25, -0.2) is 0 Å². The Hall–Kier alpha value is -2.40. The van der Waals surface area contributed by atoms with Gasteiger partial charge in [0.15, 0.2) is 5.78 Å². The molecule has 0 unspecified atom stereocenters. The zero-order valence-electron chi connectivity index (χ0n) is 16.3. The van der Waals surface area contributed by atoms with Crippen LogP contribution >= 0.6 is 11.8 Å². The Balaban J connectivity index is 1.84. The van der Waals surface area contributed by atoms with E-state index in [0.717, 1.165) is 11.3 Å². The van der Waals surface area contributed by atoms with Crippen molar-refractivity contribution < 1.29 is 9.72 Å². The first-order valence-corrected chi connectivity index (χ1v) is 10.8. The third-order valence-electron chi connectivity index (χ3n) is 4.41. The van der Waals surface area contributed by atoms with E-state index in [1.807, 2.05) is 23.9 Å². The lowest BCUT2D eigenvalue weighted by atomic mass is 10.1. The summed E-state index contributed by atoms with van der Waals surface area (Å²) < 4.78 is 0. The molecule has 0 atom stereocenters. The number of rotatable bonds is 12. The number of hydrogen-bond donors (Lipinski definition) is 0. The summed E-state index contributed by atoms with van der Waals surface area (Å²) in [5, 5.41) is 10.7. The normalized spacial score (nSPS) is 11.0. The Kier molecular flexibility index (Phi) is 9.49. The van der Waals surface area contributed by atoms with Gasteiger partial charge >= 0.3 is 0 Å². The number of thioether (sulfide) groups is 1. The van der Waals surface area contributed by atoms with E-state index in [1.165, 1.54) is 73.8 Å². The van der Waals surface area contributed by atoms with Gasteiger partial charge < -0.3 is 0 Å². The molecule has 4 nitrogen and oxygen atoms in total. The fourth-order valence-electron chi connectivity index (χ4n) is 2.80. The van der Waals surface area contributed by atoms with Gasteiger partial charge in [-0.2, -0.15) is 0 Å². The minimum absolute atomic E-state index is 0.0179. The molecule has 2 rings (SSSR count). The molecule has 28 heavy (non-hydrogen) atoms. The van der Waals surface area contributed by atoms with Gasteiger partial charge in [-0.05, 0) is 48.1 Å². The van der Waals surface area contributed by atoms with Crippen molar-refractivity contribution in [2.24, 2.45) is 0 Å². The molecule has 0 amide bonds. The van der Waals surface area contributed by atoms with E-state index in [1.54, 1.807) is 6.08 Å². The Morgan fingerprint density at radius 1 is 1.04 bits per heavy atom. The first-order valence-electron chi connectivity index (χ1n) is 9.80. The fraction of sp³-hybridized carbons (Fsp3) is 0.348. The van der Waals surface area contributed by atoms with E-state index in [0.29, 0.717) is 5.56 Å². The van der Waals surface area contributed by atoms with Crippen LogP contribution in [0, 0.1) is 10.1 Å². The van der Waals surface area contributed by atoms with Gasteiger partial charge in [0, 0.05) is 22.6 Å². The summed E-state index contributed by atoms with van der Waals surface area (Å²) in [6, 6.07) is 13.8. The van der Waals surface area contributed by atoms with Crippen molar-refractivity contribution in [3.63, 3.8) is 0 Å². The Labute approximate surface area is 171 Å². The number of carbonyl (C=O) groups excluding carboxylic acids is 1. The van der Waals surface area contributed by atoms with E-state index >= 15 is 0 Å². The predicted molar refractivity (Wildman–Crippen MR) is 117 cm³/mol. The summed E-state index contributed by atoms with van der Waals surface area (Å²) >= 11 is 1.85. The van der Waals surface area contributed by atoms with Gasteiger partial charge in [-0.3, -0.25) is 14.9 Å². The zero-order valence-corrected chi connectivity index (χ0v) is 17.1. The second-order valence-corrected chi connectivity index (χ2v) is 7.86. The van der Waals surface area contributed by atoms with Crippen LogP contribution in [0.5, 0.6) is 0 Å². The van der Waals surface area contributed by atoms with Gasteiger partial charge in [0.2, 0.25) is 0 Å². The van der Waals surface area contributed by atoms with Crippen LogP contribution in [0.1, 0.15) is 61.4 Å². The monoisotopic (exact) mass is 397 g/mol. The predicted octanol–water partition coefficient (Wildman–Crippen LogP) is 6.94. The molecule has 0 bridgehead atoms. The lowest BCUT2D eigenvalue weighted by molar-refractivity contribution is -0.384. The standard InChI is InChI=1S/C23H27NO3S/c1-2-3-4-5-6-7-17-28-22-10-8-9-19(18-22)11-16-23(25)20-12-14-21(15-13-20)24(26)27/h8-16,18H,2-7,17H2,1H3/b16-11+. The molecule has 0 spiro atoms. The van der Waals surface area contributed by atoms with E-state index in [2.05, 4.69) is 19.1 Å². The van der Waals surface area contributed by atoms with Crippen LogP contribution in [0.3, 0.4) is 0 Å².